The van der Waals surface area contributed by atoms with E-state index in [0.29, 0.717) is 4.77 Å². The molecule has 0 radical (unpaired) electrons. The molecule has 0 fully saturated rings. The van der Waals surface area contributed by atoms with E-state index in [9.17, 15) is 4.39 Å². The van der Waals surface area contributed by atoms with Crippen LogP contribution in [0, 0.1) is 10.6 Å². The number of aromatic amines is 1. The van der Waals surface area contributed by atoms with Gasteiger partial charge in [-0.2, -0.15) is 14.9 Å². The number of aromatic nitrogens is 3. The molecule has 1 aromatic heterocycles. The number of halogens is 1. The van der Waals surface area contributed by atoms with Gasteiger partial charge in [-0.3, -0.25) is 5.10 Å². The maximum absolute atomic E-state index is 12.8. The zero-order valence-corrected chi connectivity index (χ0v) is 10.9. The van der Waals surface area contributed by atoms with Crippen LogP contribution >= 0.6 is 12.2 Å². The summed E-state index contributed by atoms with van der Waals surface area (Å²) >= 11 is 5.10. The normalized spacial score (nSPS) is 11.6. The van der Waals surface area contributed by atoms with E-state index < -0.39 is 0 Å². The van der Waals surface area contributed by atoms with Crippen LogP contribution in [0.1, 0.15) is 31.2 Å². The van der Waals surface area contributed by atoms with Gasteiger partial charge in [0, 0.05) is 5.92 Å². The number of benzene rings is 1. The average Bonchev–Trinajstić information content (AvgIpc) is 2.70. The maximum atomic E-state index is 12.8. The fraction of sp³-hybridized carbons (Fsp3) is 0.250. The minimum absolute atomic E-state index is 0.211. The molecule has 0 unspecified atom stereocenters. The number of nitrogens with one attached hydrogen (secondary N) is 1. The van der Waals surface area contributed by atoms with E-state index in [1.54, 1.807) is 23.0 Å². The summed E-state index contributed by atoms with van der Waals surface area (Å²) in [6.07, 6.45) is 1.62. The Balaban J connectivity index is 2.31. The predicted molar refractivity (Wildman–Crippen MR) is 70.9 cm³/mol. The molecule has 4 nitrogen and oxygen atoms in total. The highest BCUT2D eigenvalue weighted by Gasteiger charge is 2.08. The zero-order valence-electron chi connectivity index (χ0n) is 10.1. The van der Waals surface area contributed by atoms with Gasteiger partial charge in [-0.1, -0.05) is 26.0 Å². The van der Waals surface area contributed by atoms with Crippen LogP contribution < -0.4 is 0 Å². The number of nitrogens with zero attached hydrogens (tertiary/aromatic N) is 3. The molecule has 6 heteroatoms. The Morgan fingerprint density at radius 3 is 2.67 bits per heavy atom. The van der Waals surface area contributed by atoms with Gasteiger partial charge in [0.25, 0.3) is 0 Å². The van der Waals surface area contributed by atoms with Crippen molar-refractivity contribution in [2.45, 2.75) is 19.8 Å². The average molecular weight is 264 g/mol. The Kier molecular flexibility index (Phi) is 3.66. The van der Waals surface area contributed by atoms with Crippen molar-refractivity contribution in [3.8, 4) is 0 Å². The minimum Gasteiger partial charge on any atom is -0.250 e. The third kappa shape index (κ3) is 2.70. The summed E-state index contributed by atoms with van der Waals surface area (Å²) in [5.74, 6) is 0.705. The molecule has 0 spiro atoms. The van der Waals surface area contributed by atoms with Gasteiger partial charge in [0.1, 0.15) is 5.82 Å². The Labute approximate surface area is 109 Å². The van der Waals surface area contributed by atoms with Crippen LogP contribution in [0.15, 0.2) is 29.4 Å². The number of rotatable bonds is 3. The predicted octanol–water partition coefficient (Wildman–Crippen LogP) is 3.09. The lowest BCUT2D eigenvalue weighted by Crippen LogP contribution is -2.00. The topological polar surface area (TPSA) is 46.0 Å². The Morgan fingerprint density at radius 1 is 1.39 bits per heavy atom. The molecular weight excluding hydrogens is 251 g/mol. The molecule has 94 valence electrons. The largest absolute Gasteiger partial charge is 0.250 e. The van der Waals surface area contributed by atoms with Crippen LogP contribution in [0.5, 0.6) is 0 Å². The summed E-state index contributed by atoms with van der Waals surface area (Å²) < 4.78 is 14.8. The third-order valence-electron chi connectivity index (χ3n) is 2.38. The molecule has 0 aliphatic heterocycles. The fourth-order valence-corrected chi connectivity index (χ4v) is 1.65. The Hall–Kier alpha value is -1.82. The second-order valence-corrected chi connectivity index (χ2v) is 4.54. The van der Waals surface area contributed by atoms with Crippen LogP contribution in [0.25, 0.3) is 0 Å². The summed E-state index contributed by atoms with van der Waals surface area (Å²) in [6.45, 7) is 4.02. The first-order valence-corrected chi connectivity index (χ1v) is 5.96. The molecule has 0 aliphatic carbocycles. The molecule has 0 bridgehead atoms. The lowest BCUT2D eigenvalue weighted by molar-refractivity contribution is 0.628. The molecule has 1 heterocycles. The second kappa shape index (κ2) is 5.22. The molecule has 1 aromatic carbocycles. The molecule has 0 amide bonds. The molecular formula is C12H13FN4S. The smallest absolute Gasteiger partial charge is 0.216 e. The number of hydrogen-bond donors (Lipinski definition) is 1. The van der Waals surface area contributed by atoms with E-state index in [-0.39, 0.29) is 11.7 Å². The van der Waals surface area contributed by atoms with Gasteiger partial charge in [-0.25, -0.2) is 4.39 Å². The summed E-state index contributed by atoms with van der Waals surface area (Å²) in [4.78, 5) is 0. The van der Waals surface area contributed by atoms with Crippen molar-refractivity contribution in [3.63, 3.8) is 0 Å². The van der Waals surface area contributed by atoms with Crippen LogP contribution in [0.3, 0.4) is 0 Å². The van der Waals surface area contributed by atoms with E-state index in [0.717, 1.165) is 11.4 Å². The molecule has 0 saturated carbocycles. The molecule has 0 saturated heterocycles. The van der Waals surface area contributed by atoms with Gasteiger partial charge < -0.3 is 0 Å². The van der Waals surface area contributed by atoms with E-state index in [1.165, 1.54) is 12.1 Å². The van der Waals surface area contributed by atoms with Crippen LogP contribution in [0.2, 0.25) is 0 Å². The van der Waals surface area contributed by atoms with Crippen molar-refractivity contribution in [3.05, 3.63) is 46.2 Å². The van der Waals surface area contributed by atoms with Gasteiger partial charge in [-0.05, 0) is 29.9 Å². The molecule has 18 heavy (non-hydrogen) atoms. The fourth-order valence-electron chi connectivity index (χ4n) is 1.46. The van der Waals surface area contributed by atoms with Crippen LogP contribution in [-0.4, -0.2) is 21.1 Å². The zero-order chi connectivity index (χ0) is 13.1. The summed E-state index contributed by atoms with van der Waals surface area (Å²) in [5.41, 5.74) is 0.800. The standard InChI is InChI=1S/C12H13FN4S/c1-8(2)11-15-16-12(18)17(11)14-7-9-3-5-10(13)6-4-9/h3-8H,1-2H3,(H,16,18)/b14-7+. The second-order valence-electron chi connectivity index (χ2n) is 4.15. The summed E-state index contributed by atoms with van der Waals surface area (Å²) in [5, 5.41) is 11.1. The minimum atomic E-state index is -0.269. The monoisotopic (exact) mass is 264 g/mol. The van der Waals surface area contributed by atoms with Crippen LogP contribution in [-0.2, 0) is 0 Å². The number of H-pyrrole nitrogens is 1. The maximum Gasteiger partial charge on any atom is 0.216 e. The molecule has 1 N–H and O–H groups in total. The van der Waals surface area contributed by atoms with Gasteiger partial charge >= 0.3 is 0 Å². The highest BCUT2D eigenvalue weighted by atomic mass is 32.1. The lowest BCUT2D eigenvalue weighted by Gasteiger charge is -2.02. The molecule has 0 atom stereocenters. The van der Waals surface area contributed by atoms with Crippen molar-refractivity contribution in [2.75, 3.05) is 0 Å². The summed E-state index contributed by atoms with van der Waals surface area (Å²) in [6, 6.07) is 6.08. The highest BCUT2D eigenvalue weighted by Crippen LogP contribution is 2.11. The first-order valence-electron chi connectivity index (χ1n) is 5.55. The summed E-state index contributed by atoms with van der Waals surface area (Å²) in [7, 11) is 0. The highest BCUT2D eigenvalue weighted by molar-refractivity contribution is 7.71. The van der Waals surface area contributed by atoms with Crippen molar-refractivity contribution in [1.29, 1.82) is 0 Å². The third-order valence-corrected chi connectivity index (χ3v) is 2.65. The first-order chi connectivity index (χ1) is 8.58. The van der Waals surface area contributed by atoms with Crippen molar-refractivity contribution in [2.24, 2.45) is 5.10 Å². The van der Waals surface area contributed by atoms with E-state index in [1.807, 2.05) is 13.8 Å². The van der Waals surface area contributed by atoms with Crippen molar-refractivity contribution >= 4 is 18.4 Å². The molecule has 2 rings (SSSR count). The molecule has 0 aliphatic rings. The van der Waals surface area contributed by atoms with Gasteiger partial charge in [0.05, 0.1) is 6.21 Å². The molecule has 2 aromatic rings. The number of hydrogen-bond acceptors (Lipinski definition) is 3. The van der Waals surface area contributed by atoms with E-state index in [2.05, 4.69) is 15.3 Å². The lowest BCUT2D eigenvalue weighted by atomic mass is 10.2. The van der Waals surface area contributed by atoms with Crippen LogP contribution in [0.4, 0.5) is 4.39 Å². The van der Waals surface area contributed by atoms with E-state index in [4.69, 9.17) is 12.2 Å². The quantitative estimate of drug-likeness (QED) is 0.684. The van der Waals surface area contributed by atoms with Gasteiger partial charge in [0.2, 0.25) is 4.77 Å². The Morgan fingerprint density at radius 2 is 2.06 bits per heavy atom. The van der Waals surface area contributed by atoms with Crippen molar-refractivity contribution < 1.29 is 4.39 Å². The van der Waals surface area contributed by atoms with Crippen molar-refractivity contribution in [1.82, 2.24) is 14.9 Å². The SMILES string of the molecule is CC(C)c1n[nH]c(=S)n1/N=C/c1ccc(F)cc1. The van der Waals surface area contributed by atoms with Gasteiger partial charge in [-0.15, -0.1) is 0 Å². The Bertz CT molecular complexity index is 610. The first kappa shape index (κ1) is 12.6. The van der Waals surface area contributed by atoms with Gasteiger partial charge in [0.15, 0.2) is 5.82 Å². The van der Waals surface area contributed by atoms with E-state index >= 15 is 0 Å².